The molecule has 1 N–H and O–H groups in total. The van der Waals surface area contributed by atoms with Crippen molar-refractivity contribution in [3.05, 3.63) is 18.2 Å². The lowest BCUT2D eigenvalue weighted by Crippen LogP contribution is -2.53. The number of rotatable bonds is 2. The molecule has 0 aromatic carbocycles. The van der Waals surface area contributed by atoms with Gasteiger partial charge in [-0.2, -0.15) is 4.98 Å². The predicted octanol–water partition coefficient (Wildman–Crippen LogP) is 2.22. The summed E-state index contributed by atoms with van der Waals surface area (Å²) in [5.74, 6) is 2.01. The lowest BCUT2D eigenvalue weighted by Gasteiger charge is -2.47. The van der Waals surface area contributed by atoms with Crippen molar-refractivity contribution in [1.82, 2.24) is 4.98 Å². The van der Waals surface area contributed by atoms with Gasteiger partial charge in [-0.05, 0) is 25.3 Å². The maximum Gasteiger partial charge on any atom is 0.214 e. The van der Waals surface area contributed by atoms with Crippen LogP contribution in [0.2, 0.25) is 0 Å². The quantitative estimate of drug-likeness (QED) is 0.887. The second-order valence-corrected chi connectivity index (χ2v) is 5.78. The molecule has 1 aliphatic carbocycles. The summed E-state index contributed by atoms with van der Waals surface area (Å²) in [5, 5.41) is 10.7. The Labute approximate surface area is 114 Å². The largest absolute Gasteiger partial charge is 0.481 e. The van der Waals surface area contributed by atoms with Crippen LogP contribution in [-0.4, -0.2) is 35.9 Å². The second-order valence-electron chi connectivity index (χ2n) is 5.78. The summed E-state index contributed by atoms with van der Waals surface area (Å²) in [6.07, 6.45) is 5.38. The number of fused-ring (bicyclic) bond motifs is 1. The lowest BCUT2D eigenvalue weighted by atomic mass is 9.71. The van der Waals surface area contributed by atoms with Gasteiger partial charge in [0.2, 0.25) is 5.88 Å². The van der Waals surface area contributed by atoms with E-state index in [9.17, 15) is 5.11 Å². The van der Waals surface area contributed by atoms with Crippen LogP contribution in [-0.2, 0) is 0 Å². The van der Waals surface area contributed by atoms with Gasteiger partial charge in [-0.15, -0.1) is 0 Å². The van der Waals surface area contributed by atoms with Crippen molar-refractivity contribution in [3.63, 3.8) is 0 Å². The van der Waals surface area contributed by atoms with E-state index < -0.39 is 5.60 Å². The van der Waals surface area contributed by atoms with Crippen LogP contribution in [0.5, 0.6) is 5.88 Å². The summed E-state index contributed by atoms with van der Waals surface area (Å²) in [5.41, 5.74) is -0.423. The van der Waals surface area contributed by atoms with Crippen LogP contribution >= 0.6 is 0 Å². The van der Waals surface area contributed by atoms with Gasteiger partial charge in [0.15, 0.2) is 0 Å². The first kappa shape index (κ1) is 12.7. The highest BCUT2D eigenvalue weighted by Gasteiger charge is 2.42. The number of hydrogen-bond donors (Lipinski definition) is 1. The fourth-order valence-corrected chi connectivity index (χ4v) is 3.47. The molecule has 1 aliphatic heterocycles. The highest BCUT2D eigenvalue weighted by molar-refractivity contribution is 5.41. The van der Waals surface area contributed by atoms with E-state index in [4.69, 9.17) is 4.74 Å². The van der Waals surface area contributed by atoms with Gasteiger partial charge in [0.25, 0.3) is 0 Å². The zero-order valence-corrected chi connectivity index (χ0v) is 11.5. The van der Waals surface area contributed by atoms with Gasteiger partial charge in [0.1, 0.15) is 5.82 Å². The van der Waals surface area contributed by atoms with Crippen LogP contribution in [0.15, 0.2) is 18.2 Å². The summed E-state index contributed by atoms with van der Waals surface area (Å²) in [4.78, 5) is 6.78. The Kier molecular flexibility index (Phi) is 3.35. The Morgan fingerprint density at radius 2 is 2.26 bits per heavy atom. The number of pyridine rings is 1. The number of piperidine rings is 1. The zero-order valence-electron chi connectivity index (χ0n) is 11.5. The number of aromatic nitrogens is 1. The first-order valence-corrected chi connectivity index (χ1v) is 7.20. The molecule has 0 bridgehead atoms. The first-order valence-electron chi connectivity index (χ1n) is 7.20. The van der Waals surface area contributed by atoms with Crippen molar-refractivity contribution in [2.45, 2.75) is 37.7 Å². The van der Waals surface area contributed by atoms with E-state index in [1.54, 1.807) is 7.11 Å². The number of ether oxygens (including phenoxy) is 1. The average Bonchev–Trinajstić information content (AvgIpc) is 2.46. The van der Waals surface area contributed by atoms with E-state index in [2.05, 4.69) is 9.88 Å². The summed E-state index contributed by atoms with van der Waals surface area (Å²) >= 11 is 0. The number of nitrogens with zero attached hydrogens (tertiary/aromatic N) is 2. The highest BCUT2D eigenvalue weighted by Crippen LogP contribution is 2.40. The van der Waals surface area contributed by atoms with Gasteiger partial charge in [0, 0.05) is 25.1 Å². The Balaban J connectivity index is 1.76. The van der Waals surface area contributed by atoms with Gasteiger partial charge in [-0.1, -0.05) is 18.9 Å². The van der Waals surface area contributed by atoms with E-state index in [-0.39, 0.29) is 0 Å². The van der Waals surface area contributed by atoms with Crippen molar-refractivity contribution in [3.8, 4) is 5.88 Å². The van der Waals surface area contributed by atoms with E-state index in [1.807, 2.05) is 18.2 Å². The van der Waals surface area contributed by atoms with Crippen molar-refractivity contribution < 1.29 is 9.84 Å². The molecule has 1 saturated heterocycles. The third-order valence-corrected chi connectivity index (χ3v) is 4.67. The Bertz CT molecular complexity index is 452. The molecule has 19 heavy (non-hydrogen) atoms. The Hall–Kier alpha value is -1.29. The van der Waals surface area contributed by atoms with Crippen LogP contribution < -0.4 is 9.64 Å². The topological polar surface area (TPSA) is 45.6 Å². The van der Waals surface area contributed by atoms with E-state index in [0.717, 1.165) is 38.2 Å². The molecule has 2 atom stereocenters. The summed E-state index contributed by atoms with van der Waals surface area (Å²) in [7, 11) is 1.64. The minimum absolute atomic E-state index is 0.392. The standard InChI is InChI=1S/C15H22N2O2/c1-19-14-7-4-6-13(16-14)17-10-9-15(18)8-3-2-5-12(15)11-17/h4,6-7,12,18H,2-3,5,8-11H2,1H3. The van der Waals surface area contributed by atoms with Crippen LogP contribution in [0.1, 0.15) is 32.1 Å². The summed E-state index contributed by atoms with van der Waals surface area (Å²) in [6, 6.07) is 5.86. The lowest BCUT2D eigenvalue weighted by molar-refractivity contribution is -0.0613. The van der Waals surface area contributed by atoms with Gasteiger partial charge in [0.05, 0.1) is 12.7 Å². The van der Waals surface area contributed by atoms with Crippen molar-refractivity contribution in [2.75, 3.05) is 25.1 Å². The monoisotopic (exact) mass is 262 g/mol. The number of anilines is 1. The molecule has 0 radical (unpaired) electrons. The van der Waals surface area contributed by atoms with Gasteiger partial charge >= 0.3 is 0 Å². The second kappa shape index (κ2) is 5.00. The average molecular weight is 262 g/mol. The molecule has 4 nitrogen and oxygen atoms in total. The molecule has 1 aromatic heterocycles. The van der Waals surface area contributed by atoms with Crippen LogP contribution in [0, 0.1) is 5.92 Å². The molecule has 1 saturated carbocycles. The number of hydrogen-bond acceptors (Lipinski definition) is 4. The zero-order chi connectivity index (χ0) is 13.3. The summed E-state index contributed by atoms with van der Waals surface area (Å²) in [6.45, 7) is 1.80. The van der Waals surface area contributed by atoms with Crippen molar-refractivity contribution in [1.29, 1.82) is 0 Å². The number of methoxy groups -OCH3 is 1. The molecule has 2 aliphatic rings. The molecule has 3 rings (SSSR count). The molecule has 104 valence electrons. The van der Waals surface area contributed by atoms with Crippen LogP contribution in [0.25, 0.3) is 0 Å². The molecule has 1 aromatic rings. The van der Waals surface area contributed by atoms with Gasteiger partial charge in [-0.25, -0.2) is 0 Å². The van der Waals surface area contributed by atoms with Crippen LogP contribution in [0.4, 0.5) is 5.82 Å². The molecule has 2 heterocycles. The Morgan fingerprint density at radius 3 is 3.11 bits per heavy atom. The molecule has 0 amide bonds. The smallest absolute Gasteiger partial charge is 0.214 e. The molecule has 2 unspecified atom stereocenters. The fraction of sp³-hybridized carbons (Fsp3) is 0.667. The minimum Gasteiger partial charge on any atom is -0.481 e. The minimum atomic E-state index is -0.423. The molecule has 2 fully saturated rings. The normalized spacial score (nSPS) is 30.8. The van der Waals surface area contributed by atoms with E-state index >= 15 is 0 Å². The van der Waals surface area contributed by atoms with E-state index in [0.29, 0.717) is 11.8 Å². The molecular weight excluding hydrogens is 240 g/mol. The molecule has 0 spiro atoms. The molecule has 4 heteroatoms. The van der Waals surface area contributed by atoms with Crippen molar-refractivity contribution >= 4 is 5.82 Å². The third kappa shape index (κ3) is 2.41. The number of aliphatic hydroxyl groups is 1. The third-order valence-electron chi connectivity index (χ3n) is 4.67. The van der Waals surface area contributed by atoms with Gasteiger partial charge < -0.3 is 14.7 Å². The molecular formula is C15H22N2O2. The fourth-order valence-electron chi connectivity index (χ4n) is 3.47. The van der Waals surface area contributed by atoms with Crippen LogP contribution in [0.3, 0.4) is 0 Å². The maximum atomic E-state index is 10.7. The highest BCUT2D eigenvalue weighted by atomic mass is 16.5. The van der Waals surface area contributed by atoms with Crippen molar-refractivity contribution in [2.24, 2.45) is 5.92 Å². The van der Waals surface area contributed by atoms with E-state index in [1.165, 1.54) is 12.8 Å². The SMILES string of the molecule is COc1cccc(N2CCC3(O)CCCCC3C2)n1. The summed E-state index contributed by atoms with van der Waals surface area (Å²) < 4.78 is 5.18. The first-order chi connectivity index (χ1) is 9.21. The predicted molar refractivity (Wildman–Crippen MR) is 74.5 cm³/mol. The maximum absolute atomic E-state index is 10.7. The Morgan fingerprint density at radius 1 is 1.37 bits per heavy atom. The van der Waals surface area contributed by atoms with Gasteiger partial charge in [-0.3, -0.25) is 0 Å².